The molecule has 1 unspecified atom stereocenters. The Bertz CT molecular complexity index is 1430. The molecule has 0 saturated carbocycles. The van der Waals surface area contributed by atoms with Gasteiger partial charge in [0.15, 0.2) is 0 Å². The highest BCUT2D eigenvalue weighted by atomic mass is 17.1. The van der Waals surface area contributed by atoms with Gasteiger partial charge in [0.05, 0.1) is 0 Å². The minimum Gasteiger partial charge on any atom is -0.344 e. The first-order chi connectivity index (χ1) is 22.1. The number of likely N-dealkylation sites (tertiary alicyclic amines) is 1. The van der Waals surface area contributed by atoms with E-state index in [0.717, 1.165) is 10.5 Å². The summed E-state index contributed by atoms with van der Waals surface area (Å²) < 4.78 is 0. The first-order valence-electron chi connectivity index (χ1n) is 15.3. The summed E-state index contributed by atoms with van der Waals surface area (Å²) in [6, 6.07) is 13.8. The number of imide groups is 1. The fraction of sp³-hybridized carbons (Fsp3) is 0.394. The largest absolute Gasteiger partial charge is 0.344 e. The summed E-state index contributed by atoms with van der Waals surface area (Å²) in [5.74, 6) is -2.29. The van der Waals surface area contributed by atoms with Crippen LogP contribution in [0.4, 0.5) is 5.69 Å². The van der Waals surface area contributed by atoms with E-state index in [1.165, 1.54) is 17.1 Å². The van der Waals surface area contributed by atoms with Gasteiger partial charge in [-0.25, -0.2) is 4.89 Å². The molecule has 2 heterocycles. The van der Waals surface area contributed by atoms with Gasteiger partial charge in [-0.1, -0.05) is 48.9 Å². The van der Waals surface area contributed by atoms with Gasteiger partial charge in [0.1, 0.15) is 25.2 Å². The second-order valence-electron chi connectivity index (χ2n) is 11.4. The highest BCUT2D eigenvalue weighted by Crippen LogP contribution is 2.20. The zero-order chi connectivity index (χ0) is 33.1. The maximum absolute atomic E-state index is 13.4. The zero-order valence-electron chi connectivity index (χ0n) is 25.6. The van der Waals surface area contributed by atoms with Crippen molar-refractivity contribution in [1.82, 2.24) is 20.4 Å². The van der Waals surface area contributed by atoms with Crippen LogP contribution >= 0.6 is 0 Å². The first-order valence-corrected chi connectivity index (χ1v) is 15.3. The summed E-state index contributed by atoms with van der Waals surface area (Å²) >= 11 is 0. The summed E-state index contributed by atoms with van der Waals surface area (Å²) in [7, 11) is 0. The van der Waals surface area contributed by atoms with E-state index in [4.69, 9.17) is 5.26 Å². The second-order valence-corrected chi connectivity index (χ2v) is 11.4. The number of carbonyl (C=O) groups excluding carboxylic acids is 6. The molecule has 2 aromatic rings. The van der Waals surface area contributed by atoms with Crippen LogP contribution in [0.5, 0.6) is 0 Å². The molecule has 2 aliphatic heterocycles. The number of anilines is 1. The van der Waals surface area contributed by atoms with Crippen LogP contribution in [0.1, 0.15) is 50.2 Å². The van der Waals surface area contributed by atoms with Gasteiger partial charge in [-0.05, 0) is 49.4 Å². The van der Waals surface area contributed by atoms with Gasteiger partial charge in [0, 0.05) is 43.3 Å². The SMILES string of the molecule is CC1C[C@H](NC(=O)[C@H](Cc2ccccc2)NC(=O)CCCCCN2C(=O)C=CC2=O)C(=O)N1CC(=O)Nc1ccc(COO)cc1. The molecule has 0 spiro atoms. The van der Waals surface area contributed by atoms with E-state index >= 15 is 0 Å². The van der Waals surface area contributed by atoms with Crippen molar-refractivity contribution in [3.05, 3.63) is 77.9 Å². The van der Waals surface area contributed by atoms with Gasteiger partial charge in [0.25, 0.3) is 11.8 Å². The molecule has 4 rings (SSSR count). The second kappa shape index (κ2) is 16.4. The molecule has 244 valence electrons. The van der Waals surface area contributed by atoms with Gasteiger partial charge in [-0.15, -0.1) is 0 Å². The third-order valence-corrected chi connectivity index (χ3v) is 7.91. The van der Waals surface area contributed by atoms with Crippen molar-refractivity contribution in [2.24, 2.45) is 0 Å². The molecular weight excluding hydrogens is 594 g/mol. The van der Waals surface area contributed by atoms with E-state index in [1.807, 2.05) is 30.3 Å². The Balaban J connectivity index is 1.28. The van der Waals surface area contributed by atoms with Gasteiger partial charge < -0.3 is 20.9 Å². The lowest BCUT2D eigenvalue weighted by Crippen LogP contribution is -2.52. The zero-order valence-corrected chi connectivity index (χ0v) is 25.6. The third kappa shape index (κ3) is 9.56. The summed E-state index contributed by atoms with van der Waals surface area (Å²) in [5, 5.41) is 16.9. The normalized spacial score (nSPS) is 18.2. The Labute approximate surface area is 266 Å². The molecule has 0 aromatic heterocycles. The molecule has 46 heavy (non-hydrogen) atoms. The summed E-state index contributed by atoms with van der Waals surface area (Å²) in [6.45, 7) is 1.90. The third-order valence-electron chi connectivity index (χ3n) is 7.91. The van der Waals surface area contributed by atoms with Crippen LogP contribution in [-0.4, -0.2) is 81.7 Å². The number of hydrogen-bond donors (Lipinski definition) is 4. The summed E-state index contributed by atoms with van der Waals surface area (Å²) in [5.41, 5.74) is 2.06. The summed E-state index contributed by atoms with van der Waals surface area (Å²) in [6.07, 6.45) is 4.82. The summed E-state index contributed by atoms with van der Waals surface area (Å²) in [4.78, 5) is 82.3. The molecule has 0 radical (unpaired) electrons. The smallest absolute Gasteiger partial charge is 0.253 e. The first kappa shape index (κ1) is 34.0. The molecule has 6 amide bonds. The van der Waals surface area contributed by atoms with Gasteiger partial charge >= 0.3 is 0 Å². The minimum atomic E-state index is -0.930. The van der Waals surface area contributed by atoms with E-state index < -0.39 is 23.9 Å². The predicted molar refractivity (Wildman–Crippen MR) is 167 cm³/mol. The lowest BCUT2D eigenvalue weighted by Gasteiger charge is -2.22. The number of carbonyl (C=O) groups is 6. The molecule has 2 aliphatic rings. The molecular formula is C33H39N5O8. The topological polar surface area (TPSA) is 174 Å². The standard InChI is InChI=1S/C33H39N5O8/c1-22-18-27(33(44)38(22)20-29(40)34-25-13-11-24(12-14-25)21-46-45)36-32(43)26(19-23-8-4-2-5-9-23)35-28(39)10-6-3-7-17-37-30(41)15-16-31(37)42/h2,4-5,8-9,11-16,22,26-27,45H,3,6-7,10,17-21H2,1H3,(H,34,40)(H,35,39)(H,36,43)/t22?,26-,27-/m0/s1. The molecule has 13 heteroatoms. The molecule has 1 saturated heterocycles. The number of nitrogens with one attached hydrogen (secondary N) is 3. The Morgan fingerprint density at radius 1 is 0.913 bits per heavy atom. The van der Waals surface area contributed by atoms with E-state index in [1.54, 1.807) is 31.2 Å². The number of nitrogens with zero attached hydrogens (tertiary/aromatic N) is 2. The van der Waals surface area contributed by atoms with Crippen LogP contribution < -0.4 is 16.0 Å². The van der Waals surface area contributed by atoms with Crippen molar-refractivity contribution in [1.29, 1.82) is 0 Å². The van der Waals surface area contributed by atoms with E-state index in [0.29, 0.717) is 36.9 Å². The van der Waals surface area contributed by atoms with Crippen LogP contribution in [0.3, 0.4) is 0 Å². The fourth-order valence-electron chi connectivity index (χ4n) is 5.44. The Hall–Kier alpha value is -4.88. The quantitative estimate of drug-likeness (QED) is 0.0939. The molecule has 13 nitrogen and oxygen atoms in total. The maximum atomic E-state index is 13.4. The van der Waals surface area contributed by atoms with Gasteiger partial charge in [-0.3, -0.25) is 38.9 Å². The Morgan fingerprint density at radius 2 is 1.61 bits per heavy atom. The number of hydrogen-bond acceptors (Lipinski definition) is 8. The monoisotopic (exact) mass is 633 g/mol. The number of benzene rings is 2. The molecule has 0 aliphatic carbocycles. The number of unbranched alkanes of at least 4 members (excludes halogenated alkanes) is 2. The Kier molecular flexibility index (Phi) is 12.1. The van der Waals surface area contributed by atoms with Crippen molar-refractivity contribution in [3.8, 4) is 0 Å². The lowest BCUT2D eigenvalue weighted by molar-refractivity contribution is -0.253. The number of rotatable bonds is 16. The van der Waals surface area contributed by atoms with Crippen molar-refractivity contribution in [3.63, 3.8) is 0 Å². The average Bonchev–Trinajstić information content (AvgIpc) is 3.49. The molecule has 4 N–H and O–H groups in total. The maximum Gasteiger partial charge on any atom is 0.253 e. The highest BCUT2D eigenvalue weighted by Gasteiger charge is 2.39. The van der Waals surface area contributed by atoms with Crippen molar-refractivity contribution in [2.75, 3.05) is 18.4 Å². The van der Waals surface area contributed by atoms with Crippen LogP contribution in [0.2, 0.25) is 0 Å². The van der Waals surface area contributed by atoms with Crippen LogP contribution in [0.25, 0.3) is 0 Å². The van der Waals surface area contributed by atoms with Gasteiger partial charge in [0.2, 0.25) is 23.6 Å². The van der Waals surface area contributed by atoms with Crippen LogP contribution in [0, 0.1) is 0 Å². The van der Waals surface area contributed by atoms with Crippen molar-refractivity contribution < 1.29 is 38.9 Å². The minimum absolute atomic E-state index is 0.0162. The van der Waals surface area contributed by atoms with E-state index in [9.17, 15) is 28.8 Å². The number of amides is 6. The van der Waals surface area contributed by atoms with E-state index in [2.05, 4.69) is 20.8 Å². The van der Waals surface area contributed by atoms with Gasteiger partial charge in [-0.2, -0.15) is 0 Å². The highest BCUT2D eigenvalue weighted by molar-refractivity contribution is 6.12. The molecule has 3 atom stereocenters. The fourth-order valence-corrected chi connectivity index (χ4v) is 5.44. The average molecular weight is 634 g/mol. The van der Waals surface area contributed by atoms with Crippen molar-refractivity contribution in [2.45, 2.75) is 70.2 Å². The van der Waals surface area contributed by atoms with Crippen LogP contribution in [-0.2, 0) is 46.7 Å². The predicted octanol–water partition coefficient (Wildman–Crippen LogP) is 1.93. The van der Waals surface area contributed by atoms with Crippen LogP contribution in [0.15, 0.2) is 66.7 Å². The molecule has 0 bridgehead atoms. The van der Waals surface area contributed by atoms with Crippen molar-refractivity contribution >= 4 is 41.1 Å². The Morgan fingerprint density at radius 3 is 2.28 bits per heavy atom. The lowest BCUT2D eigenvalue weighted by atomic mass is 10.0. The molecule has 2 aromatic carbocycles. The van der Waals surface area contributed by atoms with E-state index in [-0.39, 0.29) is 62.2 Å². The molecule has 1 fully saturated rings.